The van der Waals surface area contributed by atoms with Crippen LogP contribution in [-0.4, -0.2) is 30.9 Å². The maximum Gasteiger partial charge on any atom is 0.294 e. The number of hydrogen-bond acceptors (Lipinski definition) is 5. The van der Waals surface area contributed by atoms with Gasteiger partial charge in [-0.05, 0) is 56.1 Å². The molecule has 0 amide bonds. The van der Waals surface area contributed by atoms with Gasteiger partial charge in [0.25, 0.3) is 5.09 Å². The first-order chi connectivity index (χ1) is 12.3. The predicted octanol–water partition coefficient (Wildman–Crippen LogP) is 4.41. The number of rotatable bonds is 6. The molecule has 0 bridgehead atoms. The summed E-state index contributed by atoms with van der Waals surface area (Å²) in [4.78, 5) is 16.9. The number of fused-ring (bicyclic) bond motifs is 3. The molecule has 6 heteroatoms. The van der Waals surface area contributed by atoms with Gasteiger partial charge < -0.3 is 14.5 Å². The van der Waals surface area contributed by atoms with Crippen LogP contribution in [-0.2, 0) is 4.84 Å². The van der Waals surface area contributed by atoms with Crippen LogP contribution in [0.3, 0.4) is 0 Å². The second kappa shape index (κ2) is 7.33. The molecule has 1 aromatic rings. The monoisotopic (exact) mass is 362 g/mol. The van der Waals surface area contributed by atoms with Gasteiger partial charge in [0.15, 0.2) is 0 Å². The van der Waals surface area contributed by atoms with Gasteiger partial charge in [0, 0.05) is 30.8 Å². The number of anilines is 1. The summed E-state index contributed by atoms with van der Waals surface area (Å²) >= 11 is 0. The van der Waals surface area contributed by atoms with Crippen molar-refractivity contribution in [1.82, 2.24) is 0 Å². The zero-order valence-corrected chi connectivity index (χ0v) is 16.2. The quantitative estimate of drug-likeness (QED) is 0.426. The summed E-state index contributed by atoms with van der Waals surface area (Å²) < 4.78 is 5.80. The predicted molar refractivity (Wildman–Crippen MR) is 101 cm³/mol. The van der Waals surface area contributed by atoms with Gasteiger partial charge in [-0.3, -0.25) is 0 Å². The summed E-state index contributed by atoms with van der Waals surface area (Å²) in [5.41, 5.74) is 2.81. The molecule has 0 aromatic heterocycles. The third kappa shape index (κ3) is 3.60. The highest BCUT2D eigenvalue weighted by Crippen LogP contribution is 2.54. The lowest BCUT2D eigenvalue weighted by atomic mass is 9.62. The lowest BCUT2D eigenvalue weighted by Crippen LogP contribution is -2.54. The molecule has 0 spiro atoms. The van der Waals surface area contributed by atoms with Crippen molar-refractivity contribution in [3.63, 3.8) is 0 Å². The SMILES string of the molecule is C[C@@H]1CC[C@@H]2[C@@H](C1)c1ccc(OCCCO[N+](=O)[O-])cc1N(C)C2(C)C. The molecule has 144 valence electrons. The van der Waals surface area contributed by atoms with E-state index in [2.05, 4.69) is 49.7 Å². The molecule has 26 heavy (non-hydrogen) atoms. The topological polar surface area (TPSA) is 64.8 Å². The Morgan fingerprint density at radius 3 is 2.81 bits per heavy atom. The molecule has 1 saturated carbocycles. The third-order valence-electron chi connectivity index (χ3n) is 6.40. The Balaban J connectivity index is 1.75. The summed E-state index contributed by atoms with van der Waals surface area (Å²) in [6.07, 6.45) is 4.35. The Morgan fingerprint density at radius 2 is 2.08 bits per heavy atom. The minimum absolute atomic E-state index is 0.0620. The van der Waals surface area contributed by atoms with E-state index in [1.165, 1.54) is 30.5 Å². The van der Waals surface area contributed by atoms with Crippen LogP contribution < -0.4 is 9.64 Å². The van der Waals surface area contributed by atoms with Crippen LogP contribution in [0.4, 0.5) is 5.69 Å². The van der Waals surface area contributed by atoms with Crippen LogP contribution in [0.2, 0.25) is 0 Å². The van der Waals surface area contributed by atoms with Crippen molar-refractivity contribution >= 4 is 5.69 Å². The van der Waals surface area contributed by atoms with Gasteiger partial charge in [0.2, 0.25) is 0 Å². The van der Waals surface area contributed by atoms with E-state index in [1.807, 2.05) is 6.07 Å². The van der Waals surface area contributed by atoms with Gasteiger partial charge in [-0.2, -0.15) is 0 Å². The Bertz CT molecular complexity index is 661. The normalized spacial score (nSPS) is 26.6. The van der Waals surface area contributed by atoms with Crippen molar-refractivity contribution in [3.05, 3.63) is 33.9 Å². The average molecular weight is 362 g/mol. The Hall–Kier alpha value is -1.98. The van der Waals surface area contributed by atoms with E-state index in [1.54, 1.807) is 0 Å². The molecular formula is C20H30N2O4. The van der Waals surface area contributed by atoms with E-state index >= 15 is 0 Å². The van der Waals surface area contributed by atoms with Crippen LogP contribution in [0.25, 0.3) is 0 Å². The van der Waals surface area contributed by atoms with Gasteiger partial charge in [0.05, 0.1) is 13.2 Å². The third-order valence-corrected chi connectivity index (χ3v) is 6.40. The maximum absolute atomic E-state index is 10.2. The molecule has 2 aliphatic rings. The van der Waals surface area contributed by atoms with Crippen LogP contribution in [0, 0.1) is 22.0 Å². The zero-order chi connectivity index (χ0) is 18.9. The lowest BCUT2D eigenvalue weighted by molar-refractivity contribution is -0.757. The molecule has 1 heterocycles. The number of ether oxygens (including phenoxy) is 1. The average Bonchev–Trinajstić information content (AvgIpc) is 2.59. The maximum atomic E-state index is 10.2. The van der Waals surface area contributed by atoms with Crippen molar-refractivity contribution in [2.75, 3.05) is 25.2 Å². The Morgan fingerprint density at radius 1 is 1.31 bits per heavy atom. The first-order valence-electron chi connectivity index (χ1n) is 9.58. The molecule has 3 atom stereocenters. The van der Waals surface area contributed by atoms with E-state index < -0.39 is 5.09 Å². The molecule has 6 nitrogen and oxygen atoms in total. The van der Waals surface area contributed by atoms with E-state index in [-0.39, 0.29) is 12.1 Å². The van der Waals surface area contributed by atoms with E-state index in [9.17, 15) is 10.1 Å². The fourth-order valence-electron chi connectivity index (χ4n) is 4.73. The smallest absolute Gasteiger partial charge is 0.294 e. The van der Waals surface area contributed by atoms with Gasteiger partial charge >= 0.3 is 0 Å². The second-order valence-electron chi connectivity index (χ2n) is 8.32. The molecule has 3 rings (SSSR count). The minimum Gasteiger partial charge on any atom is -0.493 e. The fraction of sp³-hybridized carbons (Fsp3) is 0.700. The standard InChI is InChI=1S/C20H30N2O4/c1-14-6-9-18-17(12-14)16-8-7-15(25-10-5-11-26-22(23)24)13-19(16)21(4)20(18,2)3/h7-8,13-14,17-18H,5-6,9-12H2,1-4H3/t14-,17+,18-/m1/s1. The van der Waals surface area contributed by atoms with E-state index in [0.717, 1.165) is 11.7 Å². The van der Waals surface area contributed by atoms with Crippen molar-refractivity contribution in [2.45, 2.75) is 57.9 Å². The van der Waals surface area contributed by atoms with Crippen LogP contribution in [0.15, 0.2) is 18.2 Å². The molecule has 0 saturated heterocycles. The van der Waals surface area contributed by atoms with Crippen molar-refractivity contribution in [1.29, 1.82) is 0 Å². The second-order valence-corrected chi connectivity index (χ2v) is 8.32. The van der Waals surface area contributed by atoms with Crippen LogP contribution >= 0.6 is 0 Å². The Kier molecular flexibility index (Phi) is 5.30. The highest BCUT2D eigenvalue weighted by atomic mass is 16.9. The number of hydrogen-bond donors (Lipinski definition) is 0. The van der Waals surface area contributed by atoms with Crippen molar-refractivity contribution in [3.8, 4) is 5.75 Å². The van der Waals surface area contributed by atoms with Crippen LogP contribution in [0.1, 0.15) is 57.9 Å². The van der Waals surface area contributed by atoms with E-state index in [0.29, 0.717) is 24.9 Å². The molecule has 1 aromatic carbocycles. The van der Waals surface area contributed by atoms with E-state index in [4.69, 9.17) is 4.74 Å². The summed E-state index contributed by atoms with van der Waals surface area (Å²) in [6, 6.07) is 6.39. The summed E-state index contributed by atoms with van der Waals surface area (Å²) in [6.45, 7) is 7.54. The fourth-order valence-corrected chi connectivity index (χ4v) is 4.73. The van der Waals surface area contributed by atoms with Crippen LogP contribution in [0.5, 0.6) is 5.75 Å². The molecule has 1 aliphatic heterocycles. The molecule has 0 N–H and O–H groups in total. The lowest BCUT2D eigenvalue weighted by Gasteiger charge is -2.54. The highest BCUT2D eigenvalue weighted by Gasteiger charge is 2.46. The van der Waals surface area contributed by atoms with Gasteiger partial charge in [0.1, 0.15) is 5.75 Å². The van der Waals surface area contributed by atoms with Gasteiger partial charge in [-0.15, -0.1) is 10.1 Å². The molecular weight excluding hydrogens is 332 g/mol. The number of benzene rings is 1. The van der Waals surface area contributed by atoms with Crippen molar-refractivity contribution < 1.29 is 14.7 Å². The minimum atomic E-state index is -0.766. The van der Waals surface area contributed by atoms with Gasteiger partial charge in [-0.25, -0.2) is 0 Å². The number of nitrogens with zero attached hydrogens (tertiary/aromatic N) is 2. The first-order valence-corrected chi connectivity index (χ1v) is 9.58. The highest BCUT2D eigenvalue weighted by molar-refractivity contribution is 5.62. The summed E-state index contributed by atoms with van der Waals surface area (Å²) in [5.74, 6) is 2.89. The van der Waals surface area contributed by atoms with Gasteiger partial charge in [-0.1, -0.05) is 19.4 Å². The molecule has 1 aliphatic carbocycles. The largest absolute Gasteiger partial charge is 0.493 e. The molecule has 1 fully saturated rings. The Labute approximate surface area is 155 Å². The molecule has 0 radical (unpaired) electrons. The van der Waals surface area contributed by atoms with Crippen molar-refractivity contribution in [2.24, 2.45) is 11.8 Å². The summed E-state index contributed by atoms with van der Waals surface area (Å²) in [7, 11) is 2.18. The zero-order valence-electron chi connectivity index (χ0n) is 16.2. The first kappa shape index (κ1) is 18.8. The molecule has 0 unspecified atom stereocenters. The summed E-state index contributed by atoms with van der Waals surface area (Å²) in [5, 5.41) is 9.40.